The van der Waals surface area contributed by atoms with Gasteiger partial charge < -0.3 is 40.0 Å². The Morgan fingerprint density at radius 1 is 0.486 bits per heavy atom. The highest BCUT2D eigenvalue weighted by molar-refractivity contribution is 7.88. The number of nitrogens with one attached hydrogen (secondary N) is 3. The third-order valence-corrected chi connectivity index (χ3v) is 25.4. The summed E-state index contributed by atoms with van der Waals surface area (Å²) >= 11 is 19.2. The molecule has 3 saturated carbocycles. The summed E-state index contributed by atoms with van der Waals surface area (Å²) in [6, 6.07) is 6.78. The molecule has 12 heterocycles. The molecule has 6 aliphatic carbocycles. The van der Waals surface area contributed by atoms with E-state index < -0.39 is 28.5 Å². The molecule has 18 rings (SSSR count). The van der Waals surface area contributed by atoms with Crippen molar-refractivity contribution < 1.29 is 31.2 Å². The molecule has 0 aromatic carbocycles. The van der Waals surface area contributed by atoms with Crippen LogP contribution < -0.4 is 44.8 Å². The maximum atomic E-state index is 12.7. The number of fused-ring (bicyclic) bond motifs is 12. The third kappa shape index (κ3) is 14.4. The van der Waals surface area contributed by atoms with Crippen molar-refractivity contribution in [3.8, 4) is 0 Å². The Balaban J connectivity index is 0.000000121. The van der Waals surface area contributed by atoms with Gasteiger partial charge in [-0.25, -0.2) is 58.0 Å². The number of hydrogen-bond acceptors (Lipinski definition) is 19. The molecule has 6 bridgehead atoms. The zero-order valence-corrected chi connectivity index (χ0v) is 62.7. The van der Waals surface area contributed by atoms with Crippen LogP contribution in [0.4, 0.5) is 47.7 Å². The summed E-state index contributed by atoms with van der Waals surface area (Å²) in [6.45, 7) is 15.5. The van der Waals surface area contributed by atoms with E-state index in [-0.39, 0.29) is 41.9 Å². The molecule has 6 aromatic heterocycles. The van der Waals surface area contributed by atoms with E-state index in [1.807, 2.05) is 25.1 Å². The lowest BCUT2D eigenvalue weighted by Gasteiger charge is -2.42. The van der Waals surface area contributed by atoms with Gasteiger partial charge in [-0.2, -0.15) is 13.2 Å². The summed E-state index contributed by atoms with van der Waals surface area (Å²) in [5.41, 5.74) is 16.6. The van der Waals surface area contributed by atoms with Crippen molar-refractivity contribution in [3.63, 3.8) is 0 Å². The molecule has 2 amide bonds. The number of alkyl halides is 3. The number of sulfonamides is 1. The predicted molar refractivity (Wildman–Crippen MR) is 402 cm³/mol. The quantitative estimate of drug-likeness (QED) is 0.0965. The van der Waals surface area contributed by atoms with Crippen molar-refractivity contribution in [2.75, 3.05) is 74.9 Å². The molecule has 6 aliphatic heterocycles. The highest BCUT2D eigenvalue weighted by atomic mass is 35.5. The zero-order valence-electron chi connectivity index (χ0n) is 59.6. The number of nitrogens with zero attached hydrogens (tertiary/aromatic N) is 15. The van der Waals surface area contributed by atoms with Gasteiger partial charge in [0, 0.05) is 191 Å². The van der Waals surface area contributed by atoms with Gasteiger partial charge in [0.05, 0.1) is 40.4 Å². The molecule has 9 atom stereocenters. The van der Waals surface area contributed by atoms with Crippen LogP contribution in [0.2, 0.25) is 15.5 Å². The van der Waals surface area contributed by atoms with E-state index in [2.05, 4.69) is 137 Å². The predicted octanol–water partition coefficient (Wildman–Crippen LogP) is 10.9. The van der Waals surface area contributed by atoms with E-state index in [0.29, 0.717) is 83.8 Å². The number of rotatable bonds is 12. The van der Waals surface area contributed by atoms with Gasteiger partial charge in [-0.3, -0.25) is 9.59 Å². The van der Waals surface area contributed by atoms with Crippen LogP contribution in [0.15, 0.2) is 55.4 Å². The van der Waals surface area contributed by atoms with Crippen molar-refractivity contribution in [1.29, 1.82) is 0 Å². The third-order valence-electron chi connectivity index (χ3n) is 24.1. The standard InChI is InChI=1S/C26H28ClF3N6O.C26H31ClN6O.C24H29ClN6O2S/c1-14-7-20-18(12-36(14)21-8-22(27)33-19-4-2-3-17(19)21)25(32-13-31-20)35-10-15-5-6-16(11-35)24(15)34-23(37)9-26(28,29)30;1-3-24(34)31-25-16-7-8-17(25)12-32(11-16)26-19-13-33(15(2)9-21(19)28-14-29-26)22-10-23(27)30-20-6-4-5-18(20)22;1-14-8-20-18(12-31(14)21-9-22(25)28-19-5-3-4-17(19)21)24(27-13-26-20)30-10-15-6-7-16(11-30)23(15)29-34(2,32)33/h2-3,8,13-16,24H,4-7,9-12H2,1H3,(H,34,37);4-5,10,14-17,25H,3,6-9,11-13H2,1-2H3,(H,31,34);3-4,9,13-16,23,29H,5-8,10-12H2,1-2H3/t14-,15?,16?,24?;15-,16?,17?,25?;14-,15?,16?,23?/m111/s1. The van der Waals surface area contributed by atoms with E-state index in [0.717, 1.165) is 188 Å². The number of pyridine rings is 3. The normalized spacial score (nSPS) is 27.0. The number of anilines is 6. The van der Waals surface area contributed by atoms with Crippen molar-refractivity contribution in [1.82, 2.24) is 60.2 Å². The van der Waals surface area contributed by atoms with Gasteiger partial charge in [-0.1, -0.05) is 78.2 Å². The molecule has 554 valence electrons. The van der Waals surface area contributed by atoms with Crippen LogP contribution in [0.3, 0.4) is 0 Å². The van der Waals surface area contributed by atoms with Crippen LogP contribution in [-0.4, -0.2) is 153 Å². The van der Waals surface area contributed by atoms with E-state index in [1.165, 1.54) is 30.2 Å². The fraction of sp³-hybridized carbons (Fsp3) is 0.539. The molecule has 6 aromatic rings. The molecule has 105 heavy (non-hydrogen) atoms. The number of carbonyl (C=O) groups excluding carboxylic acids is 2. The fourth-order valence-corrected chi connectivity index (χ4v) is 20.8. The lowest BCUT2D eigenvalue weighted by atomic mass is 9.91. The molecule has 3 saturated heterocycles. The molecule has 29 heteroatoms. The molecule has 6 fully saturated rings. The first-order valence-corrected chi connectivity index (χ1v) is 40.2. The molecule has 0 spiro atoms. The Bertz CT molecular complexity index is 4590. The van der Waals surface area contributed by atoms with E-state index in [1.54, 1.807) is 19.0 Å². The van der Waals surface area contributed by atoms with Crippen LogP contribution in [-0.2, 0) is 77.8 Å². The van der Waals surface area contributed by atoms with Crippen LogP contribution >= 0.6 is 34.8 Å². The Hall–Kier alpha value is -7.78. The lowest BCUT2D eigenvalue weighted by Crippen LogP contribution is -2.53. The first-order valence-electron chi connectivity index (χ1n) is 37.2. The topological polar surface area (TPSA) is 240 Å². The van der Waals surface area contributed by atoms with Gasteiger partial charge in [-0.05, 0) is 113 Å². The van der Waals surface area contributed by atoms with Crippen molar-refractivity contribution in [2.24, 2.45) is 35.5 Å². The molecule has 22 nitrogen and oxygen atoms in total. The molecule has 3 N–H and O–H groups in total. The Morgan fingerprint density at radius 2 is 0.800 bits per heavy atom. The van der Waals surface area contributed by atoms with Gasteiger partial charge in [0.25, 0.3) is 0 Å². The molecule has 6 unspecified atom stereocenters. The van der Waals surface area contributed by atoms with Gasteiger partial charge in [-0.15, -0.1) is 0 Å². The van der Waals surface area contributed by atoms with Crippen molar-refractivity contribution >= 4 is 109 Å². The van der Waals surface area contributed by atoms with E-state index in [9.17, 15) is 31.2 Å². The minimum absolute atomic E-state index is 0.0220. The van der Waals surface area contributed by atoms with Crippen LogP contribution in [0.5, 0.6) is 0 Å². The minimum Gasteiger partial charge on any atom is -0.363 e. The smallest absolute Gasteiger partial charge is 0.363 e. The van der Waals surface area contributed by atoms with Crippen molar-refractivity contribution in [3.05, 3.63) is 138 Å². The monoisotopic (exact) mass is 1510 g/mol. The largest absolute Gasteiger partial charge is 0.397 e. The zero-order chi connectivity index (χ0) is 72.9. The van der Waals surface area contributed by atoms with E-state index in [4.69, 9.17) is 44.8 Å². The number of hydrogen-bond donors (Lipinski definition) is 3. The average molecular weight is 1510 g/mol. The number of halogens is 6. The Kier molecular flexibility index (Phi) is 19.6. The number of allylic oxidation sites excluding steroid dienone is 3. The lowest BCUT2D eigenvalue weighted by molar-refractivity contribution is -0.154. The summed E-state index contributed by atoms with van der Waals surface area (Å²) in [4.78, 5) is 80.1. The summed E-state index contributed by atoms with van der Waals surface area (Å²) in [6.07, 6.45) is 24.8. The van der Waals surface area contributed by atoms with Gasteiger partial charge in [0.15, 0.2) is 0 Å². The summed E-state index contributed by atoms with van der Waals surface area (Å²) in [5.74, 6) is 3.88. The van der Waals surface area contributed by atoms with Crippen LogP contribution in [0.1, 0.15) is 147 Å². The molecular formula is C76H88Cl3F3N18O4S. The maximum absolute atomic E-state index is 12.7. The first kappa shape index (κ1) is 71.5. The second-order valence-corrected chi connectivity index (χ2v) is 33.9. The fourth-order valence-electron chi connectivity index (χ4n) is 19.3. The van der Waals surface area contributed by atoms with Gasteiger partial charge in [0.2, 0.25) is 21.8 Å². The number of piperidine rings is 3. The Labute approximate surface area is 625 Å². The number of carbonyl (C=O) groups is 2. The number of amides is 2. The molecular weight excluding hydrogens is 1420 g/mol. The van der Waals surface area contributed by atoms with Crippen molar-refractivity contribution in [2.45, 2.75) is 180 Å². The summed E-state index contributed by atoms with van der Waals surface area (Å²) in [7, 11) is -3.22. The second-order valence-electron chi connectivity index (χ2n) is 31.0. The van der Waals surface area contributed by atoms with Crippen LogP contribution in [0.25, 0.3) is 18.2 Å². The summed E-state index contributed by atoms with van der Waals surface area (Å²) < 4.78 is 64.8. The SMILES string of the molecule is CCC(=O)NC1C2CCC1CN(c1ncnc3c1CN(c1cc(Cl)nc4c1C=CC4)[C@H](C)C3)C2.C[C@@H]1Cc2ncnc(N3CC4CCC(C3)C4NC(=O)CC(F)(F)F)c2CN1c1cc(Cl)nc2c1C=CC2.C[C@@H]1Cc2ncnc(N3CC4CCC(C3)C4NS(C)(=O)=O)c2CN1c1cc(Cl)nc2c1C=CC2. The minimum atomic E-state index is -4.50. The highest BCUT2D eigenvalue weighted by Gasteiger charge is 2.48. The first-order chi connectivity index (χ1) is 50.4. The second kappa shape index (κ2) is 28.7. The van der Waals surface area contributed by atoms with Crippen LogP contribution in [0, 0.1) is 35.5 Å². The molecule has 12 aliphatic rings. The van der Waals surface area contributed by atoms with Gasteiger partial charge >= 0.3 is 6.18 Å². The Morgan fingerprint density at radius 3 is 1.10 bits per heavy atom. The summed E-state index contributed by atoms with van der Waals surface area (Å²) in [5, 5.41) is 7.53. The maximum Gasteiger partial charge on any atom is 0.397 e. The molecule has 0 radical (unpaired) electrons. The van der Waals surface area contributed by atoms with Gasteiger partial charge in [0.1, 0.15) is 58.3 Å². The average Bonchev–Trinajstić information content (AvgIpc) is 1.75. The number of aromatic nitrogens is 9. The van der Waals surface area contributed by atoms with E-state index >= 15 is 0 Å². The highest BCUT2D eigenvalue weighted by Crippen LogP contribution is 2.47.